The van der Waals surface area contributed by atoms with Crippen LogP contribution < -0.4 is 5.32 Å². The molecule has 122 valence electrons. The van der Waals surface area contributed by atoms with Crippen LogP contribution in [0, 0.1) is 0 Å². The number of fused-ring (bicyclic) bond motifs is 1. The van der Waals surface area contributed by atoms with Gasteiger partial charge in [-0.2, -0.15) is 0 Å². The molecule has 0 saturated carbocycles. The number of rotatable bonds is 3. The van der Waals surface area contributed by atoms with E-state index in [1.807, 2.05) is 0 Å². The third kappa shape index (κ3) is 3.03. The second-order valence-electron chi connectivity index (χ2n) is 5.44. The normalized spacial score (nSPS) is 12.7. The Morgan fingerprint density at radius 3 is 2.42 bits per heavy atom. The second-order valence-corrected chi connectivity index (χ2v) is 5.84. The van der Waals surface area contributed by atoms with Crippen molar-refractivity contribution in [3.8, 4) is 0 Å². The topological polar surface area (TPSA) is 72.5 Å². The Kier molecular flexibility index (Phi) is 4.36. The maximum absolute atomic E-state index is 12.3. The van der Waals surface area contributed by atoms with Crippen molar-refractivity contribution in [3.63, 3.8) is 0 Å². The SMILES string of the molecule is COC(=O)c1ccc(C(=O)Nc2cc3c(cc2Cl)CCC3=O)cc1. The molecule has 24 heavy (non-hydrogen) atoms. The van der Waals surface area contributed by atoms with E-state index in [0.717, 1.165) is 5.56 Å². The third-order valence-corrected chi connectivity index (χ3v) is 4.24. The average molecular weight is 344 g/mol. The monoisotopic (exact) mass is 343 g/mol. The van der Waals surface area contributed by atoms with Crippen molar-refractivity contribution >= 4 is 34.9 Å². The van der Waals surface area contributed by atoms with E-state index in [2.05, 4.69) is 10.1 Å². The molecule has 0 heterocycles. The molecule has 2 aromatic carbocycles. The number of hydrogen-bond donors (Lipinski definition) is 1. The van der Waals surface area contributed by atoms with Crippen molar-refractivity contribution in [2.24, 2.45) is 0 Å². The van der Waals surface area contributed by atoms with Crippen LogP contribution in [0.15, 0.2) is 36.4 Å². The van der Waals surface area contributed by atoms with Crippen molar-refractivity contribution in [2.75, 3.05) is 12.4 Å². The van der Waals surface area contributed by atoms with Gasteiger partial charge in [-0.3, -0.25) is 9.59 Å². The molecule has 0 spiro atoms. The molecule has 1 amide bonds. The standard InChI is InChI=1S/C18H14ClNO4/c1-24-18(23)11-4-2-10(3-5-11)17(22)20-15-9-13-12(8-14(15)19)6-7-16(13)21/h2-5,8-9H,6-7H2,1H3,(H,20,22). The van der Waals surface area contributed by atoms with Crippen LogP contribution >= 0.6 is 11.6 Å². The van der Waals surface area contributed by atoms with Crippen molar-refractivity contribution in [1.29, 1.82) is 0 Å². The summed E-state index contributed by atoms with van der Waals surface area (Å²) in [5.41, 5.74) is 2.63. The Morgan fingerprint density at radius 2 is 1.75 bits per heavy atom. The number of nitrogens with one attached hydrogen (secondary N) is 1. The number of hydrogen-bond acceptors (Lipinski definition) is 4. The summed E-state index contributed by atoms with van der Waals surface area (Å²) in [5, 5.41) is 3.09. The van der Waals surface area contributed by atoms with Gasteiger partial charge in [0, 0.05) is 17.5 Å². The molecule has 3 rings (SSSR count). The number of Topliss-reactive ketones (excluding diaryl/α,β-unsaturated/α-hetero) is 1. The van der Waals surface area contributed by atoms with E-state index in [4.69, 9.17) is 11.6 Å². The number of benzene rings is 2. The zero-order valence-corrected chi connectivity index (χ0v) is 13.6. The molecule has 1 N–H and O–H groups in total. The van der Waals surface area contributed by atoms with Crippen molar-refractivity contribution in [2.45, 2.75) is 12.8 Å². The number of halogens is 1. The molecule has 1 aliphatic rings. The van der Waals surface area contributed by atoms with Crippen molar-refractivity contribution in [3.05, 3.63) is 63.7 Å². The lowest BCUT2D eigenvalue weighted by atomic mass is 10.1. The largest absolute Gasteiger partial charge is 0.465 e. The number of esters is 1. The molecule has 2 aromatic rings. The molecule has 6 heteroatoms. The molecule has 5 nitrogen and oxygen atoms in total. The highest BCUT2D eigenvalue weighted by Crippen LogP contribution is 2.31. The summed E-state index contributed by atoms with van der Waals surface area (Å²) >= 11 is 6.19. The Bertz CT molecular complexity index is 843. The lowest BCUT2D eigenvalue weighted by molar-refractivity contribution is 0.0600. The second kappa shape index (κ2) is 6.45. The first-order valence-corrected chi connectivity index (χ1v) is 7.72. The molecule has 0 saturated heterocycles. The first kappa shape index (κ1) is 16.2. The van der Waals surface area contributed by atoms with E-state index in [0.29, 0.717) is 40.2 Å². The van der Waals surface area contributed by atoms with Crippen LogP contribution in [0.5, 0.6) is 0 Å². The van der Waals surface area contributed by atoms with Gasteiger partial charge < -0.3 is 10.1 Å². The highest BCUT2D eigenvalue weighted by atomic mass is 35.5. The molecule has 0 atom stereocenters. The minimum Gasteiger partial charge on any atom is -0.465 e. The predicted molar refractivity (Wildman–Crippen MR) is 89.8 cm³/mol. The summed E-state index contributed by atoms with van der Waals surface area (Å²) in [5.74, 6) is -0.791. The predicted octanol–water partition coefficient (Wildman–Crippen LogP) is 3.51. The van der Waals surface area contributed by atoms with Crippen LogP contribution in [0.4, 0.5) is 5.69 Å². The van der Waals surface area contributed by atoms with Crippen LogP contribution in [0.25, 0.3) is 0 Å². The fourth-order valence-corrected chi connectivity index (χ4v) is 2.86. The number of carbonyl (C=O) groups excluding carboxylic acids is 3. The number of carbonyl (C=O) groups is 3. The Balaban J connectivity index is 1.81. The molecule has 0 unspecified atom stereocenters. The van der Waals surface area contributed by atoms with E-state index in [9.17, 15) is 14.4 Å². The minimum absolute atomic E-state index is 0.0552. The highest BCUT2D eigenvalue weighted by Gasteiger charge is 2.22. The van der Waals surface area contributed by atoms with E-state index in [1.165, 1.54) is 31.4 Å². The van der Waals surface area contributed by atoms with Crippen molar-refractivity contribution < 1.29 is 19.1 Å². The quantitative estimate of drug-likeness (QED) is 0.866. The van der Waals surface area contributed by atoms with Crippen LogP contribution in [0.1, 0.15) is 43.1 Å². The first-order valence-electron chi connectivity index (χ1n) is 7.35. The maximum Gasteiger partial charge on any atom is 0.337 e. The Morgan fingerprint density at radius 1 is 1.08 bits per heavy atom. The molecular weight excluding hydrogens is 330 g/mol. The molecule has 0 fully saturated rings. The zero-order chi connectivity index (χ0) is 17.3. The van der Waals surface area contributed by atoms with Crippen LogP contribution in [-0.4, -0.2) is 24.8 Å². The third-order valence-electron chi connectivity index (χ3n) is 3.93. The lowest BCUT2D eigenvalue weighted by Gasteiger charge is -2.10. The fourth-order valence-electron chi connectivity index (χ4n) is 2.63. The summed E-state index contributed by atoms with van der Waals surface area (Å²) in [6, 6.07) is 9.40. The van der Waals surface area contributed by atoms with Gasteiger partial charge >= 0.3 is 5.97 Å². The summed E-state index contributed by atoms with van der Waals surface area (Å²) < 4.78 is 4.61. The van der Waals surface area contributed by atoms with E-state index < -0.39 is 5.97 Å². The van der Waals surface area contributed by atoms with Crippen LogP contribution in [0.2, 0.25) is 5.02 Å². The van der Waals surface area contributed by atoms with Gasteiger partial charge in [-0.15, -0.1) is 0 Å². The van der Waals surface area contributed by atoms with Gasteiger partial charge in [0.1, 0.15) is 0 Å². The lowest BCUT2D eigenvalue weighted by Crippen LogP contribution is -2.13. The summed E-state index contributed by atoms with van der Waals surface area (Å²) in [7, 11) is 1.29. The maximum atomic E-state index is 12.3. The summed E-state index contributed by atoms with van der Waals surface area (Å²) in [6.07, 6.45) is 1.15. The van der Waals surface area contributed by atoms with E-state index in [1.54, 1.807) is 12.1 Å². The molecule has 0 aromatic heterocycles. The van der Waals surface area contributed by atoms with Gasteiger partial charge in [-0.1, -0.05) is 11.6 Å². The summed E-state index contributed by atoms with van der Waals surface area (Å²) in [4.78, 5) is 35.5. The fraction of sp³-hybridized carbons (Fsp3) is 0.167. The smallest absolute Gasteiger partial charge is 0.337 e. The van der Waals surface area contributed by atoms with Gasteiger partial charge in [0.25, 0.3) is 5.91 Å². The number of methoxy groups -OCH3 is 1. The molecule has 0 bridgehead atoms. The number of ether oxygens (including phenoxy) is 1. The van der Waals surface area contributed by atoms with Gasteiger partial charge in [0.05, 0.1) is 23.4 Å². The van der Waals surface area contributed by atoms with Crippen LogP contribution in [-0.2, 0) is 11.2 Å². The van der Waals surface area contributed by atoms with E-state index >= 15 is 0 Å². The Labute approximate surface area is 143 Å². The average Bonchev–Trinajstić information content (AvgIpc) is 2.94. The molecule has 0 radical (unpaired) electrons. The van der Waals surface area contributed by atoms with Crippen LogP contribution in [0.3, 0.4) is 0 Å². The number of amides is 1. The summed E-state index contributed by atoms with van der Waals surface area (Å²) in [6.45, 7) is 0. The minimum atomic E-state index is -0.470. The first-order chi connectivity index (χ1) is 11.5. The van der Waals surface area contributed by atoms with Gasteiger partial charge in [-0.05, 0) is 48.4 Å². The number of aryl methyl sites for hydroxylation is 1. The molecular formula is C18H14ClNO4. The Hall–Kier alpha value is -2.66. The number of ketones is 1. The molecule has 0 aliphatic heterocycles. The zero-order valence-electron chi connectivity index (χ0n) is 12.9. The van der Waals surface area contributed by atoms with Gasteiger partial charge in [0.2, 0.25) is 0 Å². The van der Waals surface area contributed by atoms with Gasteiger partial charge in [-0.25, -0.2) is 4.79 Å². The van der Waals surface area contributed by atoms with Crippen molar-refractivity contribution in [1.82, 2.24) is 0 Å². The molecule has 1 aliphatic carbocycles. The number of anilines is 1. The van der Waals surface area contributed by atoms with E-state index in [-0.39, 0.29) is 11.7 Å². The van der Waals surface area contributed by atoms with Gasteiger partial charge in [0.15, 0.2) is 5.78 Å². The highest BCUT2D eigenvalue weighted by molar-refractivity contribution is 6.34.